The van der Waals surface area contributed by atoms with E-state index in [1.807, 2.05) is 0 Å². The number of aryl methyl sites for hydroxylation is 1. The first kappa shape index (κ1) is 11.9. The van der Waals surface area contributed by atoms with Gasteiger partial charge in [0.2, 0.25) is 0 Å². The van der Waals surface area contributed by atoms with Crippen LogP contribution in [-0.4, -0.2) is 19.7 Å². The molecule has 0 saturated carbocycles. The smallest absolute Gasteiger partial charge is 0.311 e. The van der Waals surface area contributed by atoms with Crippen molar-refractivity contribution in [2.75, 3.05) is 0 Å². The molecule has 17 heavy (non-hydrogen) atoms. The van der Waals surface area contributed by atoms with E-state index in [0.29, 0.717) is 10.2 Å². The summed E-state index contributed by atoms with van der Waals surface area (Å²) in [7, 11) is 1.74. The zero-order chi connectivity index (χ0) is 12.5. The van der Waals surface area contributed by atoms with E-state index in [-0.39, 0.29) is 0 Å². The maximum atomic E-state index is 12.3. The van der Waals surface area contributed by atoms with Gasteiger partial charge >= 0.3 is 6.18 Å². The molecule has 2 heterocycles. The second-order valence-electron chi connectivity index (χ2n) is 3.21. The lowest BCUT2D eigenvalue weighted by Crippen LogP contribution is -2.05. The summed E-state index contributed by atoms with van der Waals surface area (Å²) in [5.41, 5.74) is -0.764. The summed E-state index contributed by atoms with van der Waals surface area (Å²) in [6.45, 7) is 0. The lowest BCUT2D eigenvalue weighted by Gasteiger charge is -2.06. The highest BCUT2D eigenvalue weighted by atomic mass is 32.2. The summed E-state index contributed by atoms with van der Waals surface area (Å²) in [5, 5.41) is 8.46. The molecule has 0 radical (unpaired) electrons. The first-order valence-corrected chi connectivity index (χ1v) is 5.33. The van der Waals surface area contributed by atoms with Crippen molar-refractivity contribution >= 4 is 11.8 Å². The Hall–Kier alpha value is -1.57. The molecule has 0 amide bonds. The molecular formula is C9H7F3N4S. The Morgan fingerprint density at radius 1 is 1.29 bits per heavy atom. The lowest BCUT2D eigenvalue weighted by molar-refractivity contribution is -0.137. The monoisotopic (exact) mass is 260 g/mol. The Kier molecular flexibility index (Phi) is 3.05. The Bertz CT molecular complexity index is 506. The fraction of sp³-hybridized carbons (Fsp3) is 0.222. The summed E-state index contributed by atoms with van der Waals surface area (Å²) < 4.78 is 38.5. The molecule has 0 unspecified atom stereocenters. The van der Waals surface area contributed by atoms with Crippen LogP contribution in [0, 0.1) is 0 Å². The molecule has 0 aliphatic heterocycles. The van der Waals surface area contributed by atoms with E-state index in [4.69, 9.17) is 0 Å². The number of aromatic nitrogens is 4. The zero-order valence-corrected chi connectivity index (χ0v) is 9.46. The van der Waals surface area contributed by atoms with Gasteiger partial charge in [-0.2, -0.15) is 13.2 Å². The summed E-state index contributed by atoms with van der Waals surface area (Å²) in [4.78, 5) is 3.72. The van der Waals surface area contributed by atoms with Crippen molar-refractivity contribution in [1.82, 2.24) is 19.7 Å². The van der Waals surface area contributed by atoms with Crippen LogP contribution in [0.15, 0.2) is 34.8 Å². The van der Waals surface area contributed by atoms with Crippen LogP contribution in [0.25, 0.3) is 0 Å². The largest absolute Gasteiger partial charge is 0.417 e. The third-order valence-corrected chi connectivity index (χ3v) is 2.93. The molecule has 0 atom stereocenters. The van der Waals surface area contributed by atoms with E-state index in [1.165, 1.54) is 12.4 Å². The Morgan fingerprint density at radius 3 is 2.53 bits per heavy atom. The molecule has 0 N–H and O–H groups in total. The molecule has 2 rings (SSSR count). The number of halogens is 3. The van der Waals surface area contributed by atoms with Gasteiger partial charge in [0.1, 0.15) is 11.4 Å². The number of rotatable bonds is 2. The molecule has 2 aromatic heterocycles. The minimum absolute atomic E-state index is 0.439. The first-order valence-electron chi connectivity index (χ1n) is 4.52. The maximum absolute atomic E-state index is 12.3. The summed E-state index contributed by atoms with van der Waals surface area (Å²) in [6.07, 6.45) is -2.05. The lowest BCUT2D eigenvalue weighted by atomic mass is 10.3. The van der Waals surface area contributed by atoms with Gasteiger partial charge in [-0.1, -0.05) is 0 Å². The van der Waals surface area contributed by atoms with Crippen molar-refractivity contribution in [2.24, 2.45) is 7.05 Å². The maximum Gasteiger partial charge on any atom is 0.417 e. The quantitative estimate of drug-likeness (QED) is 0.831. The average Bonchev–Trinajstić information content (AvgIpc) is 2.64. The van der Waals surface area contributed by atoms with E-state index < -0.39 is 11.7 Å². The van der Waals surface area contributed by atoms with E-state index >= 15 is 0 Å². The van der Waals surface area contributed by atoms with E-state index in [0.717, 1.165) is 24.0 Å². The molecule has 2 aromatic rings. The molecule has 8 heteroatoms. The predicted octanol–water partition coefficient (Wildman–Crippen LogP) is 2.38. The van der Waals surface area contributed by atoms with Gasteiger partial charge in [-0.05, 0) is 23.9 Å². The van der Waals surface area contributed by atoms with Gasteiger partial charge in [-0.3, -0.25) is 0 Å². The summed E-state index contributed by atoms with van der Waals surface area (Å²) >= 11 is 1.15. The van der Waals surface area contributed by atoms with Gasteiger partial charge in [0.25, 0.3) is 0 Å². The van der Waals surface area contributed by atoms with Crippen LogP contribution in [0.5, 0.6) is 0 Å². The van der Waals surface area contributed by atoms with Crippen LogP contribution in [-0.2, 0) is 13.2 Å². The number of hydrogen-bond donors (Lipinski definition) is 0. The van der Waals surface area contributed by atoms with Crippen molar-refractivity contribution in [3.8, 4) is 0 Å². The van der Waals surface area contributed by atoms with Crippen molar-refractivity contribution < 1.29 is 13.2 Å². The molecule has 0 bridgehead atoms. The van der Waals surface area contributed by atoms with E-state index in [1.54, 1.807) is 11.6 Å². The molecule has 90 valence electrons. The van der Waals surface area contributed by atoms with Gasteiger partial charge in [0.05, 0.1) is 5.56 Å². The molecule has 0 aromatic carbocycles. The molecule has 4 nitrogen and oxygen atoms in total. The van der Waals surface area contributed by atoms with Crippen LogP contribution >= 0.6 is 11.8 Å². The highest BCUT2D eigenvalue weighted by molar-refractivity contribution is 7.99. The van der Waals surface area contributed by atoms with Gasteiger partial charge < -0.3 is 4.57 Å². The van der Waals surface area contributed by atoms with Crippen molar-refractivity contribution in [2.45, 2.75) is 16.4 Å². The van der Waals surface area contributed by atoms with Crippen LogP contribution in [0.2, 0.25) is 0 Å². The minimum atomic E-state index is -4.36. The number of nitrogens with zero attached hydrogens (tertiary/aromatic N) is 4. The normalized spacial score (nSPS) is 11.8. The molecule has 0 aliphatic carbocycles. The molecule has 0 fully saturated rings. The van der Waals surface area contributed by atoms with Crippen molar-refractivity contribution in [1.29, 1.82) is 0 Å². The summed E-state index contributed by atoms with van der Waals surface area (Å²) in [5.74, 6) is 0. The average molecular weight is 260 g/mol. The third-order valence-electron chi connectivity index (χ3n) is 1.93. The van der Waals surface area contributed by atoms with Gasteiger partial charge in [-0.25, -0.2) is 4.98 Å². The SMILES string of the molecule is Cn1cnnc1Sc1ccc(C(F)(F)F)cn1. The van der Waals surface area contributed by atoms with E-state index in [2.05, 4.69) is 15.2 Å². The zero-order valence-electron chi connectivity index (χ0n) is 8.64. The predicted molar refractivity (Wildman–Crippen MR) is 54.4 cm³/mol. The van der Waals surface area contributed by atoms with Gasteiger partial charge in [0, 0.05) is 13.2 Å². The number of alkyl halides is 3. The Balaban J connectivity index is 2.17. The molecule has 0 spiro atoms. The van der Waals surface area contributed by atoms with Gasteiger partial charge in [-0.15, -0.1) is 10.2 Å². The second-order valence-corrected chi connectivity index (χ2v) is 4.20. The highest BCUT2D eigenvalue weighted by Crippen LogP contribution is 2.30. The molecule has 0 saturated heterocycles. The number of pyridine rings is 1. The van der Waals surface area contributed by atoms with Crippen LogP contribution < -0.4 is 0 Å². The van der Waals surface area contributed by atoms with Crippen molar-refractivity contribution in [3.05, 3.63) is 30.2 Å². The minimum Gasteiger partial charge on any atom is -0.311 e. The topological polar surface area (TPSA) is 43.6 Å². The second kappa shape index (κ2) is 4.36. The van der Waals surface area contributed by atoms with Crippen molar-refractivity contribution in [3.63, 3.8) is 0 Å². The number of hydrogen-bond acceptors (Lipinski definition) is 4. The Morgan fingerprint density at radius 2 is 2.06 bits per heavy atom. The highest BCUT2D eigenvalue weighted by Gasteiger charge is 2.30. The molecular weight excluding hydrogens is 253 g/mol. The van der Waals surface area contributed by atoms with Crippen LogP contribution in [0.1, 0.15) is 5.56 Å². The third kappa shape index (κ3) is 2.76. The Labute approximate surface area is 98.9 Å². The fourth-order valence-corrected chi connectivity index (χ4v) is 1.77. The molecule has 0 aliphatic rings. The first-order chi connectivity index (χ1) is 7.97. The van der Waals surface area contributed by atoms with Crippen LogP contribution in [0.4, 0.5) is 13.2 Å². The summed E-state index contributed by atoms with van der Waals surface area (Å²) in [6, 6.07) is 2.30. The van der Waals surface area contributed by atoms with Gasteiger partial charge in [0.15, 0.2) is 5.16 Å². The standard InChI is InChI=1S/C9H7F3N4S/c1-16-5-14-15-8(16)17-7-3-2-6(4-13-7)9(10,11)12/h2-5H,1H3. The fourth-order valence-electron chi connectivity index (χ4n) is 1.07. The van der Waals surface area contributed by atoms with Crippen LogP contribution in [0.3, 0.4) is 0 Å². The van der Waals surface area contributed by atoms with E-state index in [9.17, 15) is 13.2 Å².